The second-order valence-electron chi connectivity index (χ2n) is 4.12. The van der Waals surface area contributed by atoms with Gasteiger partial charge in [0.05, 0.1) is 46.2 Å². The highest BCUT2D eigenvalue weighted by Crippen LogP contribution is 2.20. The van der Waals surface area contributed by atoms with E-state index in [9.17, 15) is 0 Å². The Morgan fingerprint density at radius 1 is 0.950 bits per heavy atom. The zero-order valence-electron chi connectivity index (χ0n) is 11.8. The first-order chi connectivity index (χ1) is 9.74. The molecule has 0 spiro atoms. The molecule has 0 aliphatic heterocycles. The highest BCUT2D eigenvalue weighted by molar-refractivity contribution is 9.10. The van der Waals surface area contributed by atoms with E-state index >= 15 is 0 Å². The van der Waals surface area contributed by atoms with Crippen LogP contribution in [-0.2, 0) is 25.6 Å². The quantitative estimate of drug-likeness (QED) is 0.491. The number of halogens is 1. The molecule has 1 aromatic carbocycles. The lowest BCUT2D eigenvalue weighted by atomic mass is 10.2. The molecule has 0 atom stereocenters. The van der Waals surface area contributed by atoms with Crippen LogP contribution in [0.3, 0.4) is 0 Å². The largest absolute Gasteiger partial charge is 0.399 e. The smallest absolute Gasteiger partial charge is 0.0729 e. The van der Waals surface area contributed by atoms with E-state index in [1.165, 1.54) is 0 Å². The topological polar surface area (TPSA) is 62.9 Å². The lowest BCUT2D eigenvalue weighted by molar-refractivity contribution is 0.000805. The molecule has 0 unspecified atom stereocenters. The summed E-state index contributed by atoms with van der Waals surface area (Å²) in [6, 6.07) is 5.67. The molecular weight excluding hydrogens is 326 g/mol. The average molecular weight is 348 g/mol. The monoisotopic (exact) mass is 347 g/mol. The molecule has 0 amide bonds. The molecule has 5 nitrogen and oxygen atoms in total. The fourth-order valence-corrected chi connectivity index (χ4v) is 1.96. The van der Waals surface area contributed by atoms with Crippen LogP contribution < -0.4 is 5.73 Å². The van der Waals surface area contributed by atoms with Crippen LogP contribution in [0.15, 0.2) is 22.7 Å². The third kappa shape index (κ3) is 7.81. The minimum atomic E-state index is 0.536. The van der Waals surface area contributed by atoms with Gasteiger partial charge in [-0.25, -0.2) is 0 Å². The van der Waals surface area contributed by atoms with E-state index in [1.54, 1.807) is 7.11 Å². The summed E-state index contributed by atoms with van der Waals surface area (Å²) in [5.41, 5.74) is 7.48. The summed E-state index contributed by atoms with van der Waals surface area (Å²) < 4.78 is 22.0. The summed E-state index contributed by atoms with van der Waals surface area (Å²) in [6.07, 6.45) is 0. The number of anilines is 1. The predicted octanol–water partition coefficient (Wildman–Crippen LogP) is 2.23. The summed E-state index contributed by atoms with van der Waals surface area (Å²) in [7, 11) is 1.65. The van der Waals surface area contributed by atoms with E-state index in [-0.39, 0.29) is 0 Å². The fourth-order valence-electron chi connectivity index (χ4n) is 1.44. The Morgan fingerprint density at radius 3 is 2.15 bits per heavy atom. The Balaban J connectivity index is 1.97. The SMILES string of the molecule is COCCOCCOCCOCc1ccc(N)cc1Br. The van der Waals surface area contributed by atoms with E-state index in [0.29, 0.717) is 46.2 Å². The van der Waals surface area contributed by atoms with E-state index < -0.39 is 0 Å². The second kappa shape index (κ2) is 11.0. The van der Waals surface area contributed by atoms with Crippen LogP contribution in [0, 0.1) is 0 Å². The Labute approximate surface area is 128 Å². The van der Waals surface area contributed by atoms with Gasteiger partial charge >= 0.3 is 0 Å². The molecule has 2 N–H and O–H groups in total. The molecule has 0 heterocycles. The highest BCUT2D eigenvalue weighted by atomic mass is 79.9. The summed E-state index contributed by atoms with van der Waals surface area (Å²) >= 11 is 3.45. The van der Waals surface area contributed by atoms with Crippen molar-refractivity contribution in [2.75, 3.05) is 52.5 Å². The number of benzene rings is 1. The molecule has 0 saturated carbocycles. The summed E-state index contributed by atoms with van der Waals surface area (Å²) in [5, 5.41) is 0. The number of nitrogens with two attached hydrogens (primary N) is 1. The third-order valence-electron chi connectivity index (χ3n) is 2.51. The van der Waals surface area contributed by atoms with Crippen molar-refractivity contribution in [3.63, 3.8) is 0 Å². The van der Waals surface area contributed by atoms with E-state index in [0.717, 1.165) is 15.7 Å². The van der Waals surface area contributed by atoms with Crippen molar-refractivity contribution < 1.29 is 18.9 Å². The molecule has 0 bridgehead atoms. The first-order valence-corrected chi connectivity index (χ1v) is 7.29. The van der Waals surface area contributed by atoms with E-state index in [1.807, 2.05) is 18.2 Å². The van der Waals surface area contributed by atoms with Gasteiger partial charge in [0, 0.05) is 17.3 Å². The van der Waals surface area contributed by atoms with Gasteiger partial charge in [-0.2, -0.15) is 0 Å². The minimum absolute atomic E-state index is 0.536. The van der Waals surface area contributed by atoms with Gasteiger partial charge in [0.25, 0.3) is 0 Å². The highest BCUT2D eigenvalue weighted by Gasteiger charge is 2.00. The number of methoxy groups -OCH3 is 1. The van der Waals surface area contributed by atoms with Crippen LogP contribution in [-0.4, -0.2) is 46.8 Å². The maximum absolute atomic E-state index is 5.67. The van der Waals surface area contributed by atoms with Crippen LogP contribution in [0.2, 0.25) is 0 Å². The van der Waals surface area contributed by atoms with Crippen molar-refractivity contribution in [3.8, 4) is 0 Å². The van der Waals surface area contributed by atoms with Crippen molar-refractivity contribution in [2.24, 2.45) is 0 Å². The van der Waals surface area contributed by atoms with Gasteiger partial charge in [-0.05, 0) is 17.7 Å². The van der Waals surface area contributed by atoms with E-state index in [2.05, 4.69) is 15.9 Å². The van der Waals surface area contributed by atoms with Gasteiger partial charge in [0.15, 0.2) is 0 Å². The number of ether oxygens (including phenoxy) is 4. The van der Waals surface area contributed by atoms with E-state index in [4.69, 9.17) is 24.7 Å². The molecular formula is C14H22BrNO4. The van der Waals surface area contributed by atoms with Gasteiger partial charge in [0.2, 0.25) is 0 Å². The first-order valence-electron chi connectivity index (χ1n) is 6.50. The molecule has 6 heteroatoms. The Kier molecular flexibility index (Phi) is 9.61. The van der Waals surface area contributed by atoms with Crippen LogP contribution in [0.5, 0.6) is 0 Å². The number of hydrogen-bond acceptors (Lipinski definition) is 5. The average Bonchev–Trinajstić information content (AvgIpc) is 2.43. The first kappa shape index (κ1) is 17.4. The summed E-state index contributed by atoms with van der Waals surface area (Å²) in [6.45, 7) is 4.00. The molecule has 0 aromatic heterocycles. The van der Waals surface area contributed by atoms with Crippen molar-refractivity contribution in [1.29, 1.82) is 0 Å². The lowest BCUT2D eigenvalue weighted by Crippen LogP contribution is -2.11. The zero-order valence-corrected chi connectivity index (χ0v) is 13.4. The zero-order chi connectivity index (χ0) is 14.6. The van der Waals surface area contributed by atoms with Crippen molar-refractivity contribution >= 4 is 21.6 Å². The number of rotatable bonds is 11. The van der Waals surface area contributed by atoms with Gasteiger partial charge in [-0.3, -0.25) is 0 Å². The lowest BCUT2D eigenvalue weighted by Gasteiger charge is -2.08. The maximum Gasteiger partial charge on any atom is 0.0729 e. The van der Waals surface area contributed by atoms with Crippen LogP contribution in [0.1, 0.15) is 5.56 Å². The Morgan fingerprint density at radius 2 is 1.55 bits per heavy atom. The van der Waals surface area contributed by atoms with Crippen molar-refractivity contribution in [2.45, 2.75) is 6.61 Å². The molecule has 0 fully saturated rings. The maximum atomic E-state index is 5.67. The third-order valence-corrected chi connectivity index (χ3v) is 3.25. The molecule has 0 aliphatic carbocycles. The number of nitrogen functional groups attached to an aromatic ring is 1. The van der Waals surface area contributed by atoms with Crippen LogP contribution >= 0.6 is 15.9 Å². The molecule has 20 heavy (non-hydrogen) atoms. The Bertz CT molecular complexity index is 376. The number of hydrogen-bond donors (Lipinski definition) is 1. The van der Waals surface area contributed by atoms with Crippen molar-refractivity contribution in [1.82, 2.24) is 0 Å². The summed E-state index contributed by atoms with van der Waals surface area (Å²) in [5.74, 6) is 0. The van der Waals surface area contributed by atoms with Gasteiger partial charge < -0.3 is 24.7 Å². The second-order valence-corrected chi connectivity index (χ2v) is 4.98. The van der Waals surface area contributed by atoms with Crippen LogP contribution in [0.4, 0.5) is 5.69 Å². The molecule has 114 valence electrons. The molecule has 1 aromatic rings. The van der Waals surface area contributed by atoms with Crippen LogP contribution in [0.25, 0.3) is 0 Å². The standard InChI is InChI=1S/C14H22BrNO4/c1-17-4-5-18-6-7-19-8-9-20-11-12-2-3-13(16)10-14(12)15/h2-3,10H,4-9,11,16H2,1H3. The van der Waals surface area contributed by atoms with Gasteiger partial charge in [0.1, 0.15) is 0 Å². The molecule has 1 rings (SSSR count). The normalized spacial score (nSPS) is 10.9. The van der Waals surface area contributed by atoms with Crippen molar-refractivity contribution in [3.05, 3.63) is 28.2 Å². The van der Waals surface area contributed by atoms with Gasteiger partial charge in [-0.15, -0.1) is 0 Å². The Hall–Kier alpha value is -0.660. The fraction of sp³-hybridized carbons (Fsp3) is 0.571. The molecule has 0 aliphatic rings. The summed E-state index contributed by atoms with van der Waals surface area (Å²) in [4.78, 5) is 0. The predicted molar refractivity (Wildman–Crippen MR) is 81.7 cm³/mol. The minimum Gasteiger partial charge on any atom is -0.399 e. The molecule has 0 radical (unpaired) electrons. The molecule has 0 saturated heterocycles. The van der Waals surface area contributed by atoms with Gasteiger partial charge in [-0.1, -0.05) is 22.0 Å².